The van der Waals surface area contributed by atoms with Crippen molar-refractivity contribution in [2.75, 3.05) is 6.61 Å². The molecule has 0 unspecified atom stereocenters. The molecule has 1 saturated heterocycles. The molecule has 0 saturated carbocycles. The number of carbonyl (C=O) groups excluding carboxylic acids is 5. The van der Waals surface area contributed by atoms with E-state index in [-0.39, 0.29) is 27.8 Å². The third kappa shape index (κ3) is 9.70. The number of carbonyl (C=O) groups is 5. The number of amidine groups is 1. The summed E-state index contributed by atoms with van der Waals surface area (Å²) >= 11 is 0. The SMILES string of the molecule is Cc1ccc(C(=O)O/N=C(\N)[C@@H]2O[C@H](COC(=O)c3ccccc3)[C@@H](OC(=O)c3ccccc3)[C@H](OC(=O)c3ccccc3)[C@H]2OC(=O)c2ccccc2)cc1. The molecule has 6 rings (SSSR count). The lowest BCUT2D eigenvalue weighted by atomic mass is 9.93. The normalized spacial score (nSPS) is 19.2. The number of aryl methyl sites for hydroxylation is 1. The Morgan fingerprint density at radius 2 is 0.911 bits per heavy atom. The summed E-state index contributed by atoms with van der Waals surface area (Å²) in [6, 6.07) is 38.3. The lowest BCUT2D eigenvalue weighted by molar-refractivity contribution is -0.213. The van der Waals surface area contributed by atoms with Gasteiger partial charge in [0.05, 0.1) is 27.8 Å². The maximum atomic E-state index is 13.8. The van der Waals surface area contributed by atoms with Gasteiger partial charge in [0.2, 0.25) is 0 Å². The van der Waals surface area contributed by atoms with Crippen LogP contribution in [0, 0.1) is 6.92 Å². The minimum absolute atomic E-state index is 0.109. The molecule has 0 bridgehead atoms. The van der Waals surface area contributed by atoms with Crippen LogP contribution < -0.4 is 5.73 Å². The highest BCUT2D eigenvalue weighted by Gasteiger charge is 2.54. The Morgan fingerprint density at radius 1 is 0.518 bits per heavy atom. The van der Waals surface area contributed by atoms with Gasteiger partial charge in [-0.2, -0.15) is 0 Å². The van der Waals surface area contributed by atoms with Gasteiger partial charge in [0, 0.05) is 0 Å². The van der Waals surface area contributed by atoms with E-state index in [1.807, 2.05) is 6.92 Å². The molecule has 5 aromatic rings. The van der Waals surface area contributed by atoms with Crippen molar-refractivity contribution in [2.24, 2.45) is 10.9 Å². The number of benzene rings is 5. The summed E-state index contributed by atoms with van der Waals surface area (Å²) in [5.41, 5.74) is 8.08. The second-order valence-corrected chi connectivity index (χ2v) is 12.5. The fourth-order valence-electron chi connectivity index (χ4n) is 5.69. The van der Waals surface area contributed by atoms with E-state index in [9.17, 15) is 24.0 Å². The Balaban J connectivity index is 1.42. The summed E-state index contributed by atoms with van der Waals surface area (Å²) in [7, 11) is 0. The summed E-state index contributed by atoms with van der Waals surface area (Å²) in [6.45, 7) is 1.27. The van der Waals surface area contributed by atoms with Crippen molar-refractivity contribution in [1.82, 2.24) is 0 Å². The highest BCUT2D eigenvalue weighted by atomic mass is 16.7. The predicted molar refractivity (Wildman–Crippen MR) is 201 cm³/mol. The van der Waals surface area contributed by atoms with Crippen molar-refractivity contribution in [1.29, 1.82) is 0 Å². The van der Waals surface area contributed by atoms with Crippen LogP contribution in [0.25, 0.3) is 0 Å². The van der Waals surface area contributed by atoms with Gasteiger partial charge in [-0.25, -0.2) is 24.0 Å². The largest absolute Gasteiger partial charge is 0.459 e. The summed E-state index contributed by atoms with van der Waals surface area (Å²) < 4.78 is 30.0. The van der Waals surface area contributed by atoms with Gasteiger partial charge in [-0.05, 0) is 67.6 Å². The molecule has 1 heterocycles. The first-order chi connectivity index (χ1) is 27.2. The third-order valence-electron chi connectivity index (χ3n) is 8.59. The van der Waals surface area contributed by atoms with Crippen molar-refractivity contribution >= 4 is 35.7 Å². The molecular weight excluding hydrogens is 720 g/mol. The van der Waals surface area contributed by atoms with Gasteiger partial charge in [-0.15, -0.1) is 0 Å². The number of hydrogen-bond donors (Lipinski definition) is 1. The van der Waals surface area contributed by atoms with Crippen molar-refractivity contribution in [3.63, 3.8) is 0 Å². The molecular formula is C43H36N2O11. The van der Waals surface area contributed by atoms with Gasteiger partial charge in [0.1, 0.15) is 12.7 Å². The zero-order valence-corrected chi connectivity index (χ0v) is 30.0. The Labute approximate surface area is 321 Å². The standard InChI is InChI=1S/C43H36N2O11/c1-27-22-24-32(25-23-27)43(50)56-45-38(44)37-36(55-42(49)31-20-12-5-13-21-31)35(54-41(48)30-18-10-4-11-19-30)34(53-40(47)29-16-8-3-9-17-29)33(52-37)26-51-39(46)28-14-6-2-7-15-28/h2-25,33-37H,26H2,1H3,(H2,44,45)/t33-,34-,35+,36-,37-/m1/s1. The van der Waals surface area contributed by atoms with Gasteiger partial charge >= 0.3 is 29.8 Å². The van der Waals surface area contributed by atoms with Crippen LogP contribution in [0.2, 0.25) is 0 Å². The van der Waals surface area contributed by atoms with Crippen LogP contribution in [0.4, 0.5) is 0 Å². The fraction of sp³-hybridized carbons (Fsp3) is 0.163. The van der Waals surface area contributed by atoms with E-state index in [1.54, 1.807) is 84.9 Å². The van der Waals surface area contributed by atoms with E-state index in [0.717, 1.165) is 5.56 Å². The van der Waals surface area contributed by atoms with Gasteiger partial charge in [-0.3, -0.25) is 0 Å². The van der Waals surface area contributed by atoms with Crippen molar-refractivity contribution < 1.29 is 52.5 Å². The van der Waals surface area contributed by atoms with E-state index in [4.69, 9.17) is 34.3 Å². The average molecular weight is 757 g/mol. The quantitative estimate of drug-likeness (QED) is 0.0409. The Kier molecular flexibility index (Phi) is 12.6. The van der Waals surface area contributed by atoms with Gasteiger partial charge < -0.3 is 34.3 Å². The molecule has 56 heavy (non-hydrogen) atoms. The summed E-state index contributed by atoms with van der Waals surface area (Å²) in [6.07, 6.45) is -8.02. The van der Waals surface area contributed by atoms with Crippen LogP contribution in [0.1, 0.15) is 57.4 Å². The monoisotopic (exact) mass is 756 g/mol. The number of oxime groups is 1. The first-order valence-corrected chi connectivity index (χ1v) is 17.4. The van der Waals surface area contributed by atoms with E-state index in [0.29, 0.717) is 0 Å². The van der Waals surface area contributed by atoms with Gasteiger partial charge in [0.25, 0.3) is 0 Å². The van der Waals surface area contributed by atoms with Crippen molar-refractivity contribution in [2.45, 2.75) is 37.4 Å². The topological polar surface area (TPSA) is 179 Å². The highest BCUT2D eigenvalue weighted by Crippen LogP contribution is 2.31. The highest BCUT2D eigenvalue weighted by molar-refractivity contribution is 5.94. The van der Waals surface area contributed by atoms with Crippen molar-refractivity contribution in [3.8, 4) is 0 Å². The fourth-order valence-corrected chi connectivity index (χ4v) is 5.69. The summed E-state index contributed by atoms with van der Waals surface area (Å²) in [5.74, 6) is -4.78. The van der Waals surface area contributed by atoms with Crippen LogP contribution in [0.15, 0.2) is 151 Å². The molecule has 1 aliphatic rings. The number of nitrogens with zero attached hydrogens (tertiary/aromatic N) is 1. The molecule has 0 amide bonds. The minimum Gasteiger partial charge on any atom is -0.459 e. The number of rotatable bonds is 12. The minimum atomic E-state index is -1.69. The van der Waals surface area contributed by atoms with E-state index < -0.39 is 72.8 Å². The maximum Gasteiger partial charge on any atom is 0.365 e. The second kappa shape index (κ2) is 18.3. The molecule has 2 N–H and O–H groups in total. The molecule has 5 aromatic carbocycles. The van der Waals surface area contributed by atoms with E-state index >= 15 is 0 Å². The lowest BCUT2D eigenvalue weighted by Crippen LogP contribution is -2.65. The van der Waals surface area contributed by atoms with Crippen molar-refractivity contribution in [3.05, 3.63) is 179 Å². The number of esters is 4. The zero-order chi connectivity index (χ0) is 39.4. The second-order valence-electron chi connectivity index (χ2n) is 12.5. The number of hydrogen-bond acceptors (Lipinski definition) is 12. The van der Waals surface area contributed by atoms with Crippen LogP contribution in [0.3, 0.4) is 0 Å². The molecule has 1 aliphatic heterocycles. The molecule has 284 valence electrons. The Morgan fingerprint density at radius 3 is 1.38 bits per heavy atom. The molecule has 13 nitrogen and oxygen atoms in total. The summed E-state index contributed by atoms with van der Waals surface area (Å²) in [5, 5.41) is 3.83. The summed E-state index contributed by atoms with van der Waals surface area (Å²) in [4.78, 5) is 72.4. The van der Waals surface area contributed by atoms with Crippen LogP contribution >= 0.6 is 0 Å². The molecule has 13 heteroatoms. The molecule has 1 fully saturated rings. The lowest BCUT2D eigenvalue weighted by Gasteiger charge is -2.44. The number of ether oxygens (including phenoxy) is 5. The van der Waals surface area contributed by atoms with Gasteiger partial charge in [0.15, 0.2) is 30.3 Å². The van der Waals surface area contributed by atoms with E-state index in [1.165, 1.54) is 60.7 Å². The Hall–Kier alpha value is -7.12. The predicted octanol–water partition coefficient (Wildman–Crippen LogP) is 5.73. The molecule has 5 atom stereocenters. The molecule has 0 aromatic heterocycles. The zero-order valence-electron chi connectivity index (χ0n) is 30.0. The molecule has 0 radical (unpaired) electrons. The number of nitrogens with two attached hydrogens (primary N) is 1. The smallest absolute Gasteiger partial charge is 0.365 e. The van der Waals surface area contributed by atoms with E-state index in [2.05, 4.69) is 5.16 Å². The Bertz CT molecular complexity index is 2160. The van der Waals surface area contributed by atoms with Crippen LogP contribution in [-0.2, 0) is 28.5 Å². The average Bonchev–Trinajstić information content (AvgIpc) is 3.24. The van der Waals surface area contributed by atoms with Crippen LogP contribution in [-0.4, -0.2) is 72.8 Å². The maximum absolute atomic E-state index is 13.8. The molecule has 0 aliphatic carbocycles. The molecule has 0 spiro atoms. The third-order valence-corrected chi connectivity index (χ3v) is 8.59. The first kappa shape index (κ1) is 38.6. The van der Waals surface area contributed by atoms with Gasteiger partial charge in [-0.1, -0.05) is 95.6 Å². The first-order valence-electron chi connectivity index (χ1n) is 17.4. The van der Waals surface area contributed by atoms with Crippen LogP contribution in [0.5, 0.6) is 0 Å².